The number of hydrogen-bond donors (Lipinski definition) is 1. The molecule has 0 aliphatic heterocycles. The van der Waals surface area contributed by atoms with Crippen LogP contribution < -0.4 is 0 Å². The first-order chi connectivity index (χ1) is 6.61. The molecule has 1 aromatic carbocycles. The van der Waals surface area contributed by atoms with Gasteiger partial charge in [0.15, 0.2) is 5.78 Å². The summed E-state index contributed by atoms with van der Waals surface area (Å²) in [4.78, 5) is 21.2. The molecule has 3 nitrogen and oxygen atoms in total. The van der Waals surface area contributed by atoms with E-state index in [0.29, 0.717) is 5.56 Å². The fraction of sp³-hybridized carbons (Fsp3) is 0.273. The molecule has 0 saturated carbocycles. The lowest BCUT2D eigenvalue weighted by Gasteiger charge is -1.95. The fourth-order valence-electron chi connectivity index (χ4n) is 0.848. The first-order valence-electron chi connectivity index (χ1n) is 4.45. The quantitative estimate of drug-likeness (QED) is 0.736. The molecular formula is C11H14O3. The lowest BCUT2D eigenvalue weighted by Crippen LogP contribution is -1.97. The SMILES string of the molecule is CC.CC(=O)c1ccc(C(=O)O)cc1. The molecule has 1 aromatic rings. The van der Waals surface area contributed by atoms with Crippen molar-refractivity contribution in [2.24, 2.45) is 0 Å². The summed E-state index contributed by atoms with van der Waals surface area (Å²) < 4.78 is 0. The van der Waals surface area contributed by atoms with Crippen LogP contribution in [0.4, 0.5) is 0 Å². The number of carbonyl (C=O) groups excluding carboxylic acids is 1. The van der Waals surface area contributed by atoms with Gasteiger partial charge in [-0.05, 0) is 19.1 Å². The summed E-state index contributed by atoms with van der Waals surface area (Å²) in [6.07, 6.45) is 0. The van der Waals surface area contributed by atoms with E-state index in [-0.39, 0.29) is 11.3 Å². The molecule has 1 rings (SSSR count). The third kappa shape index (κ3) is 3.39. The Balaban J connectivity index is 0.000000791. The van der Waals surface area contributed by atoms with E-state index >= 15 is 0 Å². The van der Waals surface area contributed by atoms with Gasteiger partial charge in [-0.3, -0.25) is 4.79 Å². The van der Waals surface area contributed by atoms with Gasteiger partial charge in [0.1, 0.15) is 0 Å². The van der Waals surface area contributed by atoms with Crippen LogP contribution in [0.5, 0.6) is 0 Å². The number of ketones is 1. The van der Waals surface area contributed by atoms with Crippen LogP contribution in [0.2, 0.25) is 0 Å². The Morgan fingerprint density at radius 1 is 1.00 bits per heavy atom. The standard InChI is InChI=1S/C9H8O3.C2H6/c1-6(10)7-2-4-8(5-3-7)9(11)12;1-2/h2-5H,1H3,(H,11,12);1-2H3. The average Bonchev–Trinajstić information content (AvgIpc) is 2.21. The summed E-state index contributed by atoms with van der Waals surface area (Å²) in [6.45, 7) is 5.44. The van der Waals surface area contributed by atoms with Crippen molar-refractivity contribution < 1.29 is 14.7 Å². The molecular weight excluding hydrogens is 180 g/mol. The van der Waals surface area contributed by atoms with Gasteiger partial charge in [0.2, 0.25) is 0 Å². The summed E-state index contributed by atoms with van der Waals surface area (Å²) in [5.41, 5.74) is 0.722. The summed E-state index contributed by atoms with van der Waals surface area (Å²) in [5, 5.41) is 8.53. The maximum absolute atomic E-state index is 10.8. The predicted octanol–water partition coefficient (Wildman–Crippen LogP) is 2.61. The Morgan fingerprint density at radius 3 is 1.64 bits per heavy atom. The zero-order chi connectivity index (χ0) is 11.1. The minimum Gasteiger partial charge on any atom is -0.478 e. The molecule has 0 heterocycles. The van der Waals surface area contributed by atoms with Gasteiger partial charge in [-0.15, -0.1) is 0 Å². The van der Waals surface area contributed by atoms with Crippen LogP contribution in [0.25, 0.3) is 0 Å². The Bertz CT molecular complexity index is 279. The first-order valence-corrected chi connectivity index (χ1v) is 4.45. The zero-order valence-corrected chi connectivity index (χ0v) is 8.57. The Hall–Kier alpha value is -1.64. The highest BCUT2D eigenvalue weighted by atomic mass is 16.4. The van der Waals surface area contributed by atoms with Crippen LogP contribution in [0.1, 0.15) is 41.5 Å². The minimum absolute atomic E-state index is 0.0630. The number of carboxylic acid groups (broad SMARTS) is 1. The van der Waals surface area contributed by atoms with E-state index in [4.69, 9.17) is 5.11 Å². The lowest BCUT2D eigenvalue weighted by molar-refractivity contribution is 0.0696. The van der Waals surface area contributed by atoms with Crippen molar-refractivity contribution in [3.63, 3.8) is 0 Å². The molecule has 0 atom stereocenters. The van der Waals surface area contributed by atoms with Crippen LogP contribution >= 0.6 is 0 Å². The molecule has 0 saturated heterocycles. The molecule has 76 valence electrons. The normalized spacial score (nSPS) is 8.50. The summed E-state index contributed by atoms with van der Waals surface area (Å²) in [7, 11) is 0. The molecule has 0 aliphatic carbocycles. The Kier molecular flexibility index (Phi) is 5.22. The fourth-order valence-corrected chi connectivity index (χ4v) is 0.848. The molecule has 0 radical (unpaired) electrons. The molecule has 0 unspecified atom stereocenters. The van der Waals surface area contributed by atoms with Crippen LogP contribution in [0, 0.1) is 0 Å². The molecule has 1 N–H and O–H groups in total. The Labute approximate surface area is 83.4 Å². The highest BCUT2D eigenvalue weighted by Gasteiger charge is 2.02. The van der Waals surface area contributed by atoms with Crippen molar-refractivity contribution in [1.29, 1.82) is 0 Å². The summed E-state index contributed by atoms with van der Waals surface area (Å²) >= 11 is 0. The highest BCUT2D eigenvalue weighted by Crippen LogP contribution is 2.04. The van der Waals surface area contributed by atoms with Crippen molar-refractivity contribution in [3.8, 4) is 0 Å². The monoisotopic (exact) mass is 194 g/mol. The second kappa shape index (κ2) is 5.91. The van der Waals surface area contributed by atoms with Crippen molar-refractivity contribution in [1.82, 2.24) is 0 Å². The maximum atomic E-state index is 10.8. The van der Waals surface area contributed by atoms with Crippen molar-refractivity contribution in [3.05, 3.63) is 35.4 Å². The number of benzene rings is 1. The molecule has 0 fully saturated rings. The summed E-state index contributed by atoms with van der Waals surface area (Å²) in [5.74, 6) is -1.04. The lowest BCUT2D eigenvalue weighted by atomic mass is 10.1. The van der Waals surface area contributed by atoms with Gasteiger partial charge in [-0.25, -0.2) is 4.79 Å². The van der Waals surface area contributed by atoms with E-state index < -0.39 is 5.97 Å². The van der Waals surface area contributed by atoms with Gasteiger partial charge < -0.3 is 5.11 Å². The van der Waals surface area contributed by atoms with Crippen LogP contribution in [0.3, 0.4) is 0 Å². The first kappa shape index (κ1) is 12.4. The number of carbonyl (C=O) groups is 2. The predicted molar refractivity (Wildman–Crippen MR) is 54.8 cm³/mol. The van der Waals surface area contributed by atoms with E-state index in [1.165, 1.54) is 31.2 Å². The van der Waals surface area contributed by atoms with Crippen LogP contribution in [-0.4, -0.2) is 16.9 Å². The molecule has 0 bridgehead atoms. The van der Waals surface area contributed by atoms with Crippen molar-refractivity contribution >= 4 is 11.8 Å². The van der Waals surface area contributed by atoms with Gasteiger partial charge in [0, 0.05) is 5.56 Å². The summed E-state index contributed by atoms with van der Waals surface area (Å²) in [6, 6.07) is 5.84. The van der Waals surface area contributed by atoms with Gasteiger partial charge >= 0.3 is 5.97 Å². The molecule has 0 spiro atoms. The van der Waals surface area contributed by atoms with Crippen LogP contribution in [0.15, 0.2) is 24.3 Å². The zero-order valence-electron chi connectivity index (χ0n) is 8.57. The largest absolute Gasteiger partial charge is 0.478 e. The molecule has 14 heavy (non-hydrogen) atoms. The number of rotatable bonds is 2. The topological polar surface area (TPSA) is 54.4 Å². The highest BCUT2D eigenvalue weighted by molar-refractivity contribution is 5.95. The van der Waals surface area contributed by atoms with Gasteiger partial charge in [-0.2, -0.15) is 0 Å². The van der Waals surface area contributed by atoms with E-state index in [0.717, 1.165) is 0 Å². The van der Waals surface area contributed by atoms with Crippen molar-refractivity contribution in [2.75, 3.05) is 0 Å². The second-order valence-electron chi connectivity index (χ2n) is 2.44. The number of carboxylic acids is 1. The molecule has 0 amide bonds. The number of aromatic carboxylic acids is 1. The average molecular weight is 194 g/mol. The molecule has 0 aromatic heterocycles. The Morgan fingerprint density at radius 2 is 1.36 bits per heavy atom. The van der Waals surface area contributed by atoms with E-state index in [1.54, 1.807) is 0 Å². The third-order valence-electron chi connectivity index (χ3n) is 1.54. The van der Waals surface area contributed by atoms with E-state index in [9.17, 15) is 9.59 Å². The number of Topliss-reactive ketones (excluding diaryl/α,β-unsaturated/α-hetero) is 1. The van der Waals surface area contributed by atoms with E-state index in [1.807, 2.05) is 13.8 Å². The maximum Gasteiger partial charge on any atom is 0.335 e. The number of hydrogen-bond acceptors (Lipinski definition) is 2. The smallest absolute Gasteiger partial charge is 0.335 e. The van der Waals surface area contributed by atoms with Crippen molar-refractivity contribution in [2.45, 2.75) is 20.8 Å². The minimum atomic E-state index is -0.981. The van der Waals surface area contributed by atoms with E-state index in [2.05, 4.69) is 0 Å². The molecule has 0 aliphatic rings. The second-order valence-corrected chi connectivity index (χ2v) is 2.44. The van der Waals surface area contributed by atoms with Gasteiger partial charge in [-0.1, -0.05) is 26.0 Å². The van der Waals surface area contributed by atoms with Gasteiger partial charge in [0.25, 0.3) is 0 Å². The third-order valence-corrected chi connectivity index (χ3v) is 1.54. The van der Waals surface area contributed by atoms with Gasteiger partial charge in [0.05, 0.1) is 5.56 Å². The van der Waals surface area contributed by atoms with Crippen LogP contribution in [-0.2, 0) is 0 Å². The molecule has 3 heteroatoms.